The molecular formula is C35H38ClFN2O3. The summed E-state index contributed by atoms with van der Waals surface area (Å²) in [6.45, 7) is 6.25. The summed E-state index contributed by atoms with van der Waals surface area (Å²) in [5.41, 5.74) is 5.23. The Morgan fingerprint density at radius 1 is 0.905 bits per heavy atom. The molecule has 0 spiro atoms. The number of ether oxygens (including phenoxy) is 1. The van der Waals surface area contributed by atoms with E-state index in [1.54, 1.807) is 24.3 Å². The molecule has 0 bridgehead atoms. The number of piperazine rings is 1. The molecule has 5 nitrogen and oxygen atoms in total. The molecule has 0 aromatic heterocycles. The molecule has 7 heteroatoms. The van der Waals surface area contributed by atoms with Gasteiger partial charge in [-0.2, -0.15) is 0 Å². The van der Waals surface area contributed by atoms with E-state index < -0.39 is 6.10 Å². The first-order chi connectivity index (χ1) is 19.9. The van der Waals surface area contributed by atoms with Gasteiger partial charge in [0.2, 0.25) is 0 Å². The summed E-state index contributed by atoms with van der Waals surface area (Å²) in [6.07, 6.45) is 0.134. The second-order valence-electron chi connectivity index (χ2n) is 10.9. The predicted octanol–water partition coefficient (Wildman–Crippen LogP) is 3.35. The van der Waals surface area contributed by atoms with E-state index in [0.29, 0.717) is 30.7 Å². The number of β-amino-alcohol motifs (C(OH)–C–C–N with tert-alkyl or cyclic N) is 1. The molecule has 1 unspecified atom stereocenters. The number of carbonyl (C=O) groups is 1. The largest absolute Gasteiger partial charge is 1.00 e. The van der Waals surface area contributed by atoms with Gasteiger partial charge in [-0.15, -0.1) is 0 Å². The standard InChI is InChI=1S/C35H38FN2O3.ClH/c1-27-8-7-11-31(24-27)38(30-9-3-2-4-10-30)22-20-37(21-23-38)25-32(39)26-41-35-13-6-5-12-33(35)34(40)19-16-28-14-17-29(36)18-15-28;/h2-15,17-18,24,32,39H,16,19-23,25-26H2,1H3;1H/q+1;/p-1. The summed E-state index contributed by atoms with van der Waals surface area (Å²) in [4.78, 5) is 15.3. The van der Waals surface area contributed by atoms with Crippen molar-refractivity contribution < 1.29 is 31.4 Å². The summed E-state index contributed by atoms with van der Waals surface area (Å²) >= 11 is 0. The number of carbonyl (C=O) groups excluding carboxylic acids is 1. The second kappa shape index (κ2) is 14.6. The summed E-state index contributed by atoms with van der Waals surface area (Å²) in [6, 6.07) is 32.8. The third-order valence-corrected chi connectivity index (χ3v) is 7.98. The fraction of sp³-hybridized carbons (Fsp3) is 0.286. The molecule has 4 aromatic carbocycles. The average Bonchev–Trinajstić information content (AvgIpc) is 3.01. The molecule has 5 rings (SSSR count). The number of ketones is 1. The van der Waals surface area contributed by atoms with Crippen molar-refractivity contribution in [3.05, 3.63) is 126 Å². The van der Waals surface area contributed by atoms with E-state index >= 15 is 0 Å². The van der Waals surface area contributed by atoms with E-state index in [2.05, 4.69) is 66.4 Å². The van der Waals surface area contributed by atoms with E-state index in [4.69, 9.17) is 4.74 Å². The van der Waals surface area contributed by atoms with Crippen LogP contribution in [0.5, 0.6) is 5.75 Å². The van der Waals surface area contributed by atoms with Gasteiger partial charge in [0.1, 0.15) is 48.7 Å². The van der Waals surface area contributed by atoms with Crippen LogP contribution in [0.15, 0.2) is 103 Å². The van der Waals surface area contributed by atoms with Crippen LogP contribution in [0.1, 0.15) is 27.9 Å². The molecule has 220 valence electrons. The number of Topliss-reactive ketones (excluding diaryl/α,β-unsaturated/α-hetero) is 1. The van der Waals surface area contributed by atoms with Gasteiger partial charge in [0.25, 0.3) is 0 Å². The lowest BCUT2D eigenvalue weighted by Crippen LogP contribution is -3.00. The fourth-order valence-corrected chi connectivity index (χ4v) is 5.71. The van der Waals surface area contributed by atoms with Gasteiger partial charge in [0, 0.05) is 32.1 Å². The van der Waals surface area contributed by atoms with Crippen molar-refractivity contribution >= 4 is 17.2 Å². The van der Waals surface area contributed by atoms with Gasteiger partial charge in [-0.3, -0.25) is 14.2 Å². The summed E-state index contributed by atoms with van der Waals surface area (Å²) < 4.78 is 19.9. The van der Waals surface area contributed by atoms with Gasteiger partial charge in [-0.25, -0.2) is 4.39 Å². The van der Waals surface area contributed by atoms with Crippen molar-refractivity contribution in [3.8, 4) is 5.75 Å². The van der Waals surface area contributed by atoms with E-state index in [0.717, 1.165) is 36.2 Å². The minimum atomic E-state index is -0.687. The quantitative estimate of drug-likeness (QED) is 0.216. The molecule has 1 aliphatic heterocycles. The van der Waals surface area contributed by atoms with Gasteiger partial charge >= 0.3 is 0 Å². The Morgan fingerprint density at radius 2 is 1.57 bits per heavy atom. The molecule has 1 fully saturated rings. The van der Waals surface area contributed by atoms with Gasteiger partial charge in [0.15, 0.2) is 5.78 Å². The van der Waals surface area contributed by atoms with Crippen LogP contribution < -0.4 is 21.6 Å². The topological polar surface area (TPSA) is 49.8 Å². The number of halogens is 2. The zero-order valence-electron chi connectivity index (χ0n) is 24.0. The zero-order chi connectivity index (χ0) is 28.7. The van der Waals surface area contributed by atoms with E-state index in [9.17, 15) is 14.3 Å². The molecule has 0 saturated carbocycles. The highest BCUT2D eigenvalue weighted by atomic mass is 35.5. The van der Waals surface area contributed by atoms with Crippen LogP contribution in [-0.2, 0) is 6.42 Å². The highest BCUT2D eigenvalue weighted by Gasteiger charge is 2.38. The van der Waals surface area contributed by atoms with Crippen LogP contribution in [0, 0.1) is 12.7 Å². The van der Waals surface area contributed by atoms with Crippen molar-refractivity contribution in [1.29, 1.82) is 0 Å². The maximum Gasteiger partial charge on any atom is 0.166 e. The van der Waals surface area contributed by atoms with Crippen LogP contribution in [0.2, 0.25) is 0 Å². The number of benzene rings is 4. The maximum absolute atomic E-state index is 13.2. The predicted molar refractivity (Wildman–Crippen MR) is 162 cm³/mol. The molecule has 1 N–H and O–H groups in total. The number of quaternary nitrogens is 1. The number of hydrogen-bond acceptors (Lipinski definition) is 4. The first-order valence-electron chi connectivity index (χ1n) is 14.3. The molecule has 1 aliphatic rings. The van der Waals surface area contributed by atoms with E-state index in [-0.39, 0.29) is 30.6 Å². The van der Waals surface area contributed by atoms with E-state index in [1.165, 1.54) is 29.1 Å². The highest BCUT2D eigenvalue weighted by molar-refractivity contribution is 5.98. The van der Waals surface area contributed by atoms with Gasteiger partial charge < -0.3 is 22.3 Å². The molecule has 0 amide bonds. The smallest absolute Gasteiger partial charge is 0.166 e. The van der Waals surface area contributed by atoms with Crippen LogP contribution in [0.3, 0.4) is 0 Å². The van der Waals surface area contributed by atoms with Crippen molar-refractivity contribution in [1.82, 2.24) is 9.38 Å². The number of aryl methyl sites for hydroxylation is 2. The lowest BCUT2D eigenvalue weighted by Gasteiger charge is -2.44. The van der Waals surface area contributed by atoms with Gasteiger partial charge in [-0.05, 0) is 66.9 Å². The molecule has 1 heterocycles. The SMILES string of the molecule is Cc1cccc([N+]2(c3ccccc3)CCN(CC(O)COc3ccccc3C(=O)CCc3ccc(F)cc3)CC2)c1.[Cl-]. The summed E-state index contributed by atoms with van der Waals surface area (Å²) in [7, 11) is 0. The van der Waals surface area contributed by atoms with Crippen LogP contribution in [0.4, 0.5) is 15.8 Å². The molecular weight excluding hydrogens is 551 g/mol. The lowest BCUT2D eigenvalue weighted by atomic mass is 10.0. The number of aliphatic hydroxyl groups excluding tert-OH is 1. The summed E-state index contributed by atoms with van der Waals surface area (Å²) in [5, 5.41) is 10.9. The molecule has 1 saturated heterocycles. The Labute approximate surface area is 254 Å². The van der Waals surface area contributed by atoms with Crippen molar-refractivity contribution in [2.45, 2.75) is 25.9 Å². The number of para-hydroxylation sites is 2. The van der Waals surface area contributed by atoms with Crippen molar-refractivity contribution in [3.63, 3.8) is 0 Å². The molecule has 0 aliphatic carbocycles. The van der Waals surface area contributed by atoms with Crippen molar-refractivity contribution in [2.24, 2.45) is 0 Å². The molecule has 42 heavy (non-hydrogen) atoms. The fourth-order valence-electron chi connectivity index (χ4n) is 5.71. The number of rotatable bonds is 11. The number of aliphatic hydroxyl groups is 1. The number of hydrogen-bond donors (Lipinski definition) is 1. The summed E-state index contributed by atoms with van der Waals surface area (Å²) in [5.74, 6) is 0.151. The second-order valence-corrected chi connectivity index (χ2v) is 10.9. The first-order valence-corrected chi connectivity index (χ1v) is 14.3. The highest BCUT2D eigenvalue weighted by Crippen LogP contribution is 2.36. The van der Waals surface area contributed by atoms with Gasteiger partial charge in [0.05, 0.1) is 5.56 Å². The Balaban J connectivity index is 0.00000405. The van der Waals surface area contributed by atoms with Crippen LogP contribution in [0.25, 0.3) is 0 Å². The van der Waals surface area contributed by atoms with E-state index in [1.807, 2.05) is 12.1 Å². The Morgan fingerprint density at radius 3 is 2.29 bits per heavy atom. The Kier molecular flexibility index (Phi) is 10.9. The minimum absolute atomic E-state index is 0. The molecule has 1 atom stereocenters. The van der Waals surface area contributed by atoms with Crippen molar-refractivity contribution in [2.75, 3.05) is 39.3 Å². The maximum atomic E-state index is 13.2. The minimum Gasteiger partial charge on any atom is -1.00 e. The average molecular weight is 589 g/mol. The third-order valence-electron chi connectivity index (χ3n) is 7.98. The van der Waals surface area contributed by atoms with Crippen LogP contribution in [-0.4, -0.2) is 61.2 Å². The van der Waals surface area contributed by atoms with Gasteiger partial charge in [-0.1, -0.05) is 54.6 Å². The number of nitrogens with zero attached hydrogens (tertiary/aromatic N) is 2. The molecule has 4 aromatic rings. The Bertz CT molecular complexity index is 1440. The monoisotopic (exact) mass is 588 g/mol. The Hall–Kier alpha value is -3.55. The lowest BCUT2D eigenvalue weighted by molar-refractivity contribution is -0.0000189. The molecule has 0 radical (unpaired) electrons. The first kappa shape index (κ1) is 31.4. The zero-order valence-corrected chi connectivity index (χ0v) is 24.7. The normalized spacial score (nSPS) is 15.4. The third kappa shape index (κ3) is 7.64. The van der Waals surface area contributed by atoms with Crippen LogP contribution >= 0.6 is 0 Å².